The molecule has 9 heteroatoms. The minimum atomic E-state index is -0.280. The zero-order valence-electron chi connectivity index (χ0n) is 24.0. The molecule has 0 aromatic heterocycles. The number of nitrogens with one attached hydrogen (secondary N) is 1. The van der Waals surface area contributed by atoms with E-state index in [1.54, 1.807) is 43.5 Å². The third-order valence-corrected chi connectivity index (χ3v) is 7.70. The summed E-state index contributed by atoms with van der Waals surface area (Å²) in [7, 11) is 6.20. The lowest BCUT2D eigenvalue weighted by Crippen LogP contribution is -2.54. The number of nitrogens with zero attached hydrogens (tertiary/aromatic N) is 1. The number of likely N-dealkylation sites (tertiary alicyclic amines) is 1. The zero-order valence-corrected chi connectivity index (χ0v) is 24.0. The molecule has 2 atom stereocenters. The van der Waals surface area contributed by atoms with Gasteiger partial charge in [0.1, 0.15) is 11.6 Å². The van der Waals surface area contributed by atoms with Crippen LogP contribution in [-0.2, 0) is 4.74 Å². The number of halogens is 2. The summed E-state index contributed by atoms with van der Waals surface area (Å²) >= 11 is 0. The van der Waals surface area contributed by atoms with Gasteiger partial charge in [0.2, 0.25) is 5.75 Å². The van der Waals surface area contributed by atoms with Gasteiger partial charge in [-0.2, -0.15) is 0 Å². The molecule has 0 spiro atoms. The molecule has 1 N–H and O–H groups in total. The quantitative estimate of drug-likeness (QED) is 0.315. The van der Waals surface area contributed by atoms with Crippen LogP contribution in [0.3, 0.4) is 0 Å². The summed E-state index contributed by atoms with van der Waals surface area (Å²) in [4.78, 5) is 15.5. The average Bonchev–Trinajstić information content (AvgIpc) is 3.00. The molecule has 41 heavy (non-hydrogen) atoms. The number of carbonyl (C=O) groups is 1. The Morgan fingerprint density at radius 3 is 1.95 bits per heavy atom. The number of ether oxygens (including phenoxy) is 4. The second-order valence-electron chi connectivity index (χ2n) is 10.2. The molecule has 1 aliphatic heterocycles. The molecule has 0 saturated carbocycles. The monoisotopic (exact) mass is 568 g/mol. The first kappa shape index (κ1) is 30.3. The first-order chi connectivity index (χ1) is 19.9. The maximum Gasteiger partial charge on any atom is 0.251 e. The van der Waals surface area contributed by atoms with Crippen molar-refractivity contribution in [2.45, 2.75) is 37.3 Å². The number of carbonyl (C=O) groups excluding carboxylic acids is 1. The van der Waals surface area contributed by atoms with E-state index in [2.05, 4.69) is 10.2 Å². The fraction of sp³-hybridized carbons (Fsp3) is 0.406. The highest BCUT2D eigenvalue weighted by Crippen LogP contribution is 2.38. The van der Waals surface area contributed by atoms with E-state index in [9.17, 15) is 13.6 Å². The summed E-state index contributed by atoms with van der Waals surface area (Å²) in [6.07, 6.45) is 2.26. The van der Waals surface area contributed by atoms with Gasteiger partial charge in [0.05, 0.1) is 33.5 Å². The topological polar surface area (TPSA) is 69.3 Å². The molecule has 1 saturated heterocycles. The molecule has 0 aliphatic carbocycles. The molecule has 1 fully saturated rings. The third-order valence-electron chi connectivity index (χ3n) is 7.70. The minimum Gasteiger partial charge on any atom is -0.493 e. The predicted octanol–water partition coefficient (Wildman–Crippen LogP) is 5.42. The number of hydrogen-bond acceptors (Lipinski definition) is 6. The van der Waals surface area contributed by atoms with E-state index in [1.165, 1.54) is 45.6 Å². The highest BCUT2D eigenvalue weighted by Gasteiger charge is 2.31. The molecule has 1 amide bonds. The van der Waals surface area contributed by atoms with Gasteiger partial charge in [-0.05, 0) is 73.3 Å². The van der Waals surface area contributed by atoms with Crippen molar-refractivity contribution >= 4 is 5.91 Å². The van der Waals surface area contributed by atoms with Crippen LogP contribution >= 0.6 is 0 Å². The van der Waals surface area contributed by atoms with Gasteiger partial charge in [0, 0.05) is 31.7 Å². The Kier molecular flexibility index (Phi) is 10.5. The molecule has 7 nitrogen and oxygen atoms in total. The third kappa shape index (κ3) is 7.54. The Labute approximate surface area is 240 Å². The lowest BCUT2D eigenvalue weighted by Gasteiger charge is -2.38. The normalized spacial score (nSPS) is 17.3. The molecular formula is C32H38F2N2O5. The van der Waals surface area contributed by atoms with Crippen molar-refractivity contribution < 1.29 is 32.5 Å². The van der Waals surface area contributed by atoms with Crippen LogP contribution in [-0.4, -0.2) is 71.0 Å². The van der Waals surface area contributed by atoms with E-state index in [-0.39, 0.29) is 35.6 Å². The van der Waals surface area contributed by atoms with Crippen molar-refractivity contribution in [3.05, 3.63) is 89.0 Å². The molecule has 1 heterocycles. The molecule has 220 valence electrons. The van der Waals surface area contributed by atoms with Crippen molar-refractivity contribution in [2.24, 2.45) is 0 Å². The summed E-state index contributed by atoms with van der Waals surface area (Å²) in [5.74, 6) is 0.478. The molecule has 0 radical (unpaired) electrons. The maximum atomic E-state index is 13.6. The molecule has 1 aliphatic rings. The van der Waals surface area contributed by atoms with Crippen LogP contribution in [0.1, 0.15) is 46.7 Å². The summed E-state index contributed by atoms with van der Waals surface area (Å²) in [5, 5.41) is 3.12. The highest BCUT2D eigenvalue weighted by atomic mass is 19.1. The number of rotatable bonds is 12. The van der Waals surface area contributed by atoms with Crippen molar-refractivity contribution in [3.63, 3.8) is 0 Å². The van der Waals surface area contributed by atoms with Gasteiger partial charge < -0.3 is 29.2 Å². The SMILES string of the molecule is COc1cc(C(=O)N[C@H]2CCN(CCCC(c3ccc(F)cc3)c3ccc(F)cc3)C[C@@H]2OC)cc(OC)c1OC. The van der Waals surface area contributed by atoms with Gasteiger partial charge in [0.25, 0.3) is 5.91 Å². The summed E-state index contributed by atoms with van der Waals surface area (Å²) in [6.45, 7) is 2.32. The van der Waals surface area contributed by atoms with E-state index in [0.717, 1.165) is 43.5 Å². The van der Waals surface area contributed by atoms with Gasteiger partial charge in [-0.3, -0.25) is 4.79 Å². The van der Waals surface area contributed by atoms with Crippen molar-refractivity contribution in [1.29, 1.82) is 0 Å². The lowest BCUT2D eigenvalue weighted by atomic mass is 9.87. The average molecular weight is 569 g/mol. The van der Waals surface area contributed by atoms with Crippen LogP contribution in [0.4, 0.5) is 8.78 Å². The van der Waals surface area contributed by atoms with Crippen LogP contribution < -0.4 is 19.5 Å². The lowest BCUT2D eigenvalue weighted by molar-refractivity contribution is 0.00596. The maximum absolute atomic E-state index is 13.6. The first-order valence-electron chi connectivity index (χ1n) is 13.7. The fourth-order valence-electron chi connectivity index (χ4n) is 5.49. The van der Waals surface area contributed by atoms with E-state index in [1.807, 2.05) is 0 Å². The van der Waals surface area contributed by atoms with Gasteiger partial charge >= 0.3 is 0 Å². The van der Waals surface area contributed by atoms with E-state index < -0.39 is 0 Å². The number of amides is 1. The van der Waals surface area contributed by atoms with E-state index in [0.29, 0.717) is 29.4 Å². The van der Waals surface area contributed by atoms with Gasteiger partial charge in [-0.15, -0.1) is 0 Å². The molecule has 0 unspecified atom stereocenters. The first-order valence-corrected chi connectivity index (χ1v) is 13.7. The van der Waals surface area contributed by atoms with E-state index >= 15 is 0 Å². The number of piperidine rings is 1. The predicted molar refractivity (Wildman–Crippen MR) is 153 cm³/mol. The van der Waals surface area contributed by atoms with Crippen LogP contribution in [0, 0.1) is 11.6 Å². The largest absolute Gasteiger partial charge is 0.493 e. The van der Waals surface area contributed by atoms with Crippen LogP contribution in [0.5, 0.6) is 17.2 Å². The van der Waals surface area contributed by atoms with Crippen LogP contribution in [0.15, 0.2) is 60.7 Å². The van der Waals surface area contributed by atoms with Crippen LogP contribution in [0.25, 0.3) is 0 Å². The molecular weight excluding hydrogens is 530 g/mol. The zero-order chi connectivity index (χ0) is 29.4. The summed E-state index contributed by atoms with van der Waals surface area (Å²) < 4.78 is 49.1. The minimum absolute atomic E-state index is 0.0322. The van der Waals surface area contributed by atoms with E-state index in [4.69, 9.17) is 18.9 Å². The fourth-order valence-corrected chi connectivity index (χ4v) is 5.49. The van der Waals surface area contributed by atoms with Crippen molar-refractivity contribution in [1.82, 2.24) is 10.2 Å². The van der Waals surface area contributed by atoms with Gasteiger partial charge in [-0.1, -0.05) is 24.3 Å². The standard InChI is InChI=1S/C32H38F2N2O5/c1-38-28-18-23(19-29(39-2)31(28)41-4)32(37)35-27-15-17-36(20-30(27)40-3)16-5-6-26(21-7-11-24(33)12-8-21)22-9-13-25(34)14-10-22/h7-14,18-19,26-27,30H,5-6,15-17,20H2,1-4H3,(H,35,37)/t27-,30-/m0/s1. The molecule has 3 aromatic carbocycles. The Morgan fingerprint density at radius 1 is 0.902 bits per heavy atom. The van der Waals surface area contributed by atoms with Gasteiger partial charge in [-0.25, -0.2) is 8.78 Å². The Morgan fingerprint density at radius 2 is 1.46 bits per heavy atom. The van der Waals surface area contributed by atoms with Crippen molar-refractivity contribution in [2.75, 3.05) is 48.1 Å². The number of benzene rings is 3. The second kappa shape index (κ2) is 14.3. The van der Waals surface area contributed by atoms with Crippen LogP contribution in [0.2, 0.25) is 0 Å². The number of hydrogen-bond donors (Lipinski definition) is 1. The summed E-state index contributed by atoms with van der Waals surface area (Å²) in [5.41, 5.74) is 2.41. The van der Waals surface area contributed by atoms with Crippen molar-refractivity contribution in [3.8, 4) is 17.2 Å². The van der Waals surface area contributed by atoms with Gasteiger partial charge in [0.15, 0.2) is 11.5 Å². The Hall–Kier alpha value is -3.69. The smallest absolute Gasteiger partial charge is 0.251 e. The Bertz CT molecular complexity index is 1220. The molecule has 3 aromatic rings. The highest BCUT2D eigenvalue weighted by molar-refractivity contribution is 5.95. The number of methoxy groups -OCH3 is 4. The molecule has 4 rings (SSSR count). The molecule has 0 bridgehead atoms. The Balaban J connectivity index is 1.36. The summed E-state index contributed by atoms with van der Waals surface area (Å²) in [6, 6.07) is 16.2. The second-order valence-corrected chi connectivity index (χ2v) is 10.2.